The minimum atomic E-state index is -0.625. The van der Waals surface area contributed by atoms with Crippen LogP contribution in [0, 0.1) is 0 Å². The van der Waals surface area contributed by atoms with E-state index >= 15 is 0 Å². The summed E-state index contributed by atoms with van der Waals surface area (Å²) >= 11 is 11.8. The molecule has 2 aromatic rings. The first-order valence-corrected chi connectivity index (χ1v) is 6.48. The van der Waals surface area contributed by atoms with Crippen LogP contribution in [0.15, 0.2) is 24.4 Å². The Morgan fingerprint density at radius 3 is 2.84 bits per heavy atom. The molecule has 0 amide bonds. The lowest BCUT2D eigenvalue weighted by Gasteiger charge is -2.07. The van der Waals surface area contributed by atoms with Gasteiger partial charge in [0.25, 0.3) is 0 Å². The molecule has 5 nitrogen and oxygen atoms in total. The fraction of sp³-hybridized carbons (Fsp3) is 0.333. The van der Waals surface area contributed by atoms with Gasteiger partial charge in [-0.25, -0.2) is 4.68 Å². The van der Waals surface area contributed by atoms with Gasteiger partial charge in [0.1, 0.15) is 18.1 Å². The summed E-state index contributed by atoms with van der Waals surface area (Å²) in [6.45, 7) is 2.54. The molecule has 0 fully saturated rings. The predicted octanol–water partition coefficient (Wildman–Crippen LogP) is 2.72. The molecule has 102 valence electrons. The van der Waals surface area contributed by atoms with Gasteiger partial charge in [-0.2, -0.15) is 0 Å². The molecule has 0 saturated carbocycles. The molecule has 1 heterocycles. The molecule has 1 aromatic carbocycles. The molecule has 1 atom stereocenters. The van der Waals surface area contributed by atoms with Crippen LogP contribution in [0.25, 0.3) is 0 Å². The number of aromatic nitrogens is 3. The maximum absolute atomic E-state index is 9.33. The molecule has 1 unspecified atom stereocenters. The Bertz CT molecular complexity index is 558. The van der Waals surface area contributed by atoms with E-state index in [4.69, 9.17) is 27.9 Å². The maximum Gasteiger partial charge on any atom is 0.138 e. The van der Waals surface area contributed by atoms with Crippen LogP contribution in [0.4, 0.5) is 0 Å². The highest BCUT2D eigenvalue weighted by Gasteiger charge is 2.07. The summed E-state index contributed by atoms with van der Waals surface area (Å²) in [7, 11) is 0. The third-order valence-electron chi connectivity index (χ3n) is 2.46. The molecule has 0 aliphatic carbocycles. The van der Waals surface area contributed by atoms with Crippen LogP contribution in [0.2, 0.25) is 10.0 Å². The van der Waals surface area contributed by atoms with Crippen molar-refractivity contribution < 1.29 is 9.84 Å². The average Bonchev–Trinajstić information content (AvgIpc) is 2.81. The number of benzene rings is 1. The van der Waals surface area contributed by atoms with E-state index in [2.05, 4.69) is 10.3 Å². The zero-order chi connectivity index (χ0) is 13.8. The van der Waals surface area contributed by atoms with Crippen molar-refractivity contribution in [2.45, 2.75) is 19.6 Å². The van der Waals surface area contributed by atoms with E-state index in [1.807, 2.05) is 0 Å². The number of aliphatic hydroxyl groups is 1. The second-order valence-electron chi connectivity index (χ2n) is 4.01. The van der Waals surface area contributed by atoms with Crippen LogP contribution in [0.1, 0.15) is 18.7 Å². The molecular weight excluding hydrogens is 289 g/mol. The highest BCUT2D eigenvalue weighted by Crippen LogP contribution is 2.27. The predicted molar refractivity (Wildman–Crippen MR) is 72.6 cm³/mol. The molecule has 1 N–H and O–H groups in total. The van der Waals surface area contributed by atoms with Crippen molar-refractivity contribution in [1.82, 2.24) is 15.0 Å². The molecule has 0 bridgehead atoms. The first kappa shape index (κ1) is 14.1. The van der Waals surface area contributed by atoms with E-state index in [0.717, 1.165) is 0 Å². The second kappa shape index (κ2) is 6.23. The lowest BCUT2D eigenvalue weighted by molar-refractivity contribution is 0.194. The Balaban J connectivity index is 1.89. The first-order chi connectivity index (χ1) is 9.06. The third kappa shape index (κ3) is 3.83. The number of nitrogens with zero attached hydrogens (tertiary/aromatic N) is 3. The van der Waals surface area contributed by atoms with Crippen LogP contribution in [0.3, 0.4) is 0 Å². The summed E-state index contributed by atoms with van der Waals surface area (Å²) in [5.74, 6) is 0.571. The van der Waals surface area contributed by atoms with Gasteiger partial charge in [0, 0.05) is 5.02 Å². The van der Waals surface area contributed by atoms with Crippen molar-refractivity contribution in [2.24, 2.45) is 0 Å². The van der Waals surface area contributed by atoms with E-state index in [1.165, 1.54) is 0 Å². The molecule has 0 spiro atoms. The van der Waals surface area contributed by atoms with Crippen LogP contribution in [-0.4, -0.2) is 26.7 Å². The van der Waals surface area contributed by atoms with Gasteiger partial charge in [0.2, 0.25) is 0 Å². The topological polar surface area (TPSA) is 60.2 Å². The van der Waals surface area contributed by atoms with Crippen molar-refractivity contribution in [1.29, 1.82) is 0 Å². The molecule has 7 heteroatoms. The van der Waals surface area contributed by atoms with Crippen molar-refractivity contribution in [3.8, 4) is 5.75 Å². The lowest BCUT2D eigenvalue weighted by Crippen LogP contribution is -2.09. The fourth-order valence-corrected chi connectivity index (χ4v) is 1.92. The SMILES string of the molecule is CC(O)c1cn(CCOc2ccc(Cl)cc2Cl)nn1. The van der Waals surface area contributed by atoms with E-state index in [9.17, 15) is 5.11 Å². The summed E-state index contributed by atoms with van der Waals surface area (Å²) < 4.78 is 7.13. The Labute approximate surface area is 120 Å². The minimum absolute atomic E-state index is 0.393. The Morgan fingerprint density at radius 1 is 1.42 bits per heavy atom. The van der Waals surface area contributed by atoms with Gasteiger partial charge < -0.3 is 9.84 Å². The van der Waals surface area contributed by atoms with Gasteiger partial charge >= 0.3 is 0 Å². The van der Waals surface area contributed by atoms with Gasteiger partial charge in [-0.15, -0.1) is 5.10 Å². The highest BCUT2D eigenvalue weighted by molar-refractivity contribution is 6.35. The number of halogens is 2. The second-order valence-corrected chi connectivity index (χ2v) is 4.85. The first-order valence-electron chi connectivity index (χ1n) is 5.72. The molecule has 0 aliphatic rings. The summed E-state index contributed by atoms with van der Waals surface area (Å²) in [5, 5.41) is 18.1. The van der Waals surface area contributed by atoms with Gasteiger partial charge in [-0.1, -0.05) is 28.4 Å². The zero-order valence-electron chi connectivity index (χ0n) is 10.3. The Kier molecular flexibility index (Phi) is 4.63. The van der Waals surface area contributed by atoms with E-state index in [0.29, 0.717) is 34.6 Å². The van der Waals surface area contributed by atoms with E-state index < -0.39 is 6.10 Å². The zero-order valence-corrected chi connectivity index (χ0v) is 11.8. The molecule has 19 heavy (non-hydrogen) atoms. The molecule has 0 radical (unpaired) electrons. The highest BCUT2D eigenvalue weighted by atomic mass is 35.5. The van der Waals surface area contributed by atoms with Crippen molar-refractivity contribution in [3.05, 3.63) is 40.1 Å². The van der Waals surface area contributed by atoms with Crippen LogP contribution >= 0.6 is 23.2 Å². The van der Waals surface area contributed by atoms with Gasteiger partial charge in [0.15, 0.2) is 0 Å². The standard InChI is InChI=1S/C12H13Cl2N3O2/c1-8(18)11-7-17(16-15-11)4-5-19-12-3-2-9(13)6-10(12)14/h2-3,6-8,18H,4-5H2,1H3. The summed E-state index contributed by atoms with van der Waals surface area (Å²) in [5.41, 5.74) is 0.532. The summed E-state index contributed by atoms with van der Waals surface area (Å²) in [6.07, 6.45) is 1.05. The number of ether oxygens (including phenoxy) is 1. The van der Waals surface area contributed by atoms with Crippen molar-refractivity contribution >= 4 is 23.2 Å². The average molecular weight is 302 g/mol. The monoisotopic (exact) mass is 301 g/mol. The third-order valence-corrected chi connectivity index (χ3v) is 2.99. The lowest BCUT2D eigenvalue weighted by atomic mass is 10.3. The fourth-order valence-electron chi connectivity index (χ4n) is 1.46. The van der Waals surface area contributed by atoms with Crippen LogP contribution in [0.5, 0.6) is 5.75 Å². The maximum atomic E-state index is 9.33. The number of hydrogen-bond acceptors (Lipinski definition) is 4. The molecule has 1 aromatic heterocycles. The van der Waals surface area contributed by atoms with Crippen molar-refractivity contribution in [2.75, 3.05) is 6.61 Å². The van der Waals surface area contributed by atoms with Gasteiger partial charge in [-0.3, -0.25) is 0 Å². The van der Waals surface area contributed by atoms with E-state index in [1.54, 1.807) is 36.0 Å². The summed E-state index contributed by atoms with van der Waals surface area (Å²) in [6, 6.07) is 5.05. The molecule has 0 aliphatic heterocycles. The number of hydrogen-bond donors (Lipinski definition) is 1. The molecular formula is C12H13Cl2N3O2. The molecule has 0 saturated heterocycles. The number of aliphatic hydroxyl groups excluding tert-OH is 1. The normalized spacial score (nSPS) is 12.4. The van der Waals surface area contributed by atoms with Gasteiger partial charge in [-0.05, 0) is 25.1 Å². The molecule has 2 rings (SSSR count). The van der Waals surface area contributed by atoms with Crippen molar-refractivity contribution in [3.63, 3.8) is 0 Å². The smallest absolute Gasteiger partial charge is 0.138 e. The number of rotatable bonds is 5. The summed E-state index contributed by atoms with van der Waals surface area (Å²) in [4.78, 5) is 0. The minimum Gasteiger partial charge on any atom is -0.490 e. The van der Waals surface area contributed by atoms with E-state index in [-0.39, 0.29) is 0 Å². The Morgan fingerprint density at radius 2 is 2.21 bits per heavy atom. The van der Waals surface area contributed by atoms with Gasteiger partial charge in [0.05, 0.1) is 23.9 Å². The largest absolute Gasteiger partial charge is 0.490 e. The van der Waals surface area contributed by atoms with Crippen LogP contribution < -0.4 is 4.74 Å². The quantitative estimate of drug-likeness (QED) is 0.922. The van der Waals surface area contributed by atoms with Crippen LogP contribution in [-0.2, 0) is 6.54 Å². The Hall–Kier alpha value is -1.30.